The Kier molecular flexibility index (Phi) is 4.05. The summed E-state index contributed by atoms with van der Waals surface area (Å²) in [6.07, 6.45) is 1.80. The molecule has 0 atom stereocenters. The number of hydrogen-bond acceptors (Lipinski definition) is 2. The Labute approximate surface area is 138 Å². The molecule has 4 heteroatoms. The van der Waals surface area contributed by atoms with Gasteiger partial charge < -0.3 is 0 Å². The Morgan fingerprint density at radius 2 is 1.67 bits per heavy atom. The molecule has 0 saturated heterocycles. The zero-order chi connectivity index (χ0) is 14.8. The molecule has 3 nitrogen and oxygen atoms in total. The summed E-state index contributed by atoms with van der Waals surface area (Å²) in [5, 5.41) is 4.57. The SMILES string of the molecule is Cc1cc(C)cc(Cn2cnc(-c3ccc(I)cc3)n2)c1. The number of rotatable bonds is 3. The van der Waals surface area contributed by atoms with Crippen molar-refractivity contribution < 1.29 is 0 Å². The number of aromatic nitrogens is 3. The first kappa shape index (κ1) is 14.3. The van der Waals surface area contributed by atoms with E-state index in [-0.39, 0.29) is 0 Å². The van der Waals surface area contributed by atoms with Gasteiger partial charge in [-0.2, -0.15) is 5.10 Å². The predicted molar refractivity (Wildman–Crippen MR) is 93.2 cm³/mol. The maximum atomic E-state index is 4.57. The quantitative estimate of drug-likeness (QED) is 0.629. The molecule has 0 aliphatic heterocycles. The van der Waals surface area contributed by atoms with Gasteiger partial charge in [0, 0.05) is 9.13 Å². The molecule has 2 aromatic carbocycles. The maximum Gasteiger partial charge on any atom is 0.181 e. The highest BCUT2D eigenvalue weighted by molar-refractivity contribution is 14.1. The van der Waals surface area contributed by atoms with Crippen molar-refractivity contribution in [2.45, 2.75) is 20.4 Å². The molecule has 1 heterocycles. The predicted octanol–water partition coefficient (Wildman–Crippen LogP) is 4.21. The summed E-state index contributed by atoms with van der Waals surface area (Å²) in [6, 6.07) is 14.8. The third-order valence-electron chi connectivity index (χ3n) is 3.26. The molecule has 3 aromatic rings. The van der Waals surface area contributed by atoms with E-state index in [2.05, 4.69) is 89.0 Å². The molecule has 0 bridgehead atoms. The van der Waals surface area contributed by atoms with Crippen LogP contribution in [0.25, 0.3) is 11.4 Å². The van der Waals surface area contributed by atoms with Crippen LogP contribution in [0.4, 0.5) is 0 Å². The lowest BCUT2D eigenvalue weighted by Gasteiger charge is -2.04. The van der Waals surface area contributed by atoms with E-state index in [0.717, 1.165) is 17.9 Å². The molecule has 0 saturated carbocycles. The summed E-state index contributed by atoms with van der Waals surface area (Å²) in [5.74, 6) is 0.774. The molecule has 0 N–H and O–H groups in total. The Morgan fingerprint density at radius 3 is 2.33 bits per heavy atom. The average Bonchev–Trinajstić information content (AvgIpc) is 2.87. The molecule has 0 spiro atoms. The van der Waals surface area contributed by atoms with Crippen LogP contribution in [0, 0.1) is 17.4 Å². The van der Waals surface area contributed by atoms with Crippen molar-refractivity contribution in [1.82, 2.24) is 14.8 Å². The summed E-state index contributed by atoms with van der Waals surface area (Å²) in [4.78, 5) is 4.41. The van der Waals surface area contributed by atoms with E-state index in [1.54, 1.807) is 6.33 Å². The Balaban J connectivity index is 1.83. The van der Waals surface area contributed by atoms with E-state index in [9.17, 15) is 0 Å². The fourth-order valence-corrected chi connectivity index (χ4v) is 2.81. The fraction of sp³-hybridized carbons (Fsp3) is 0.176. The molecule has 0 unspecified atom stereocenters. The standard InChI is InChI=1S/C17H16IN3/c1-12-7-13(2)9-14(8-12)10-21-11-19-17(20-21)15-3-5-16(18)6-4-15/h3-9,11H,10H2,1-2H3. The van der Waals surface area contributed by atoms with Crippen molar-refractivity contribution in [3.05, 3.63) is 69.1 Å². The summed E-state index contributed by atoms with van der Waals surface area (Å²) >= 11 is 2.30. The van der Waals surface area contributed by atoms with Crippen LogP contribution >= 0.6 is 22.6 Å². The molecule has 0 fully saturated rings. The molecular formula is C17H16IN3. The van der Waals surface area contributed by atoms with Gasteiger partial charge in [0.05, 0.1) is 6.54 Å². The largest absolute Gasteiger partial charge is 0.248 e. The summed E-state index contributed by atoms with van der Waals surface area (Å²) in [6.45, 7) is 4.99. The molecule has 1 aromatic heterocycles. The lowest BCUT2D eigenvalue weighted by Crippen LogP contribution is -2.01. The third kappa shape index (κ3) is 3.50. The van der Waals surface area contributed by atoms with Crippen LogP contribution < -0.4 is 0 Å². The van der Waals surface area contributed by atoms with Gasteiger partial charge in [0.15, 0.2) is 5.82 Å². The van der Waals surface area contributed by atoms with Crippen molar-refractivity contribution >= 4 is 22.6 Å². The van der Waals surface area contributed by atoms with Crippen molar-refractivity contribution in [2.75, 3.05) is 0 Å². The first-order valence-corrected chi connectivity index (χ1v) is 7.90. The van der Waals surface area contributed by atoms with Crippen LogP contribution in [-0.4, -0.2) is 14.8 Å². The van der Waals surface area contributed by atoms with Gasteiger partial charge in [-0.15, -0.1) is 0 Å². The monoisotopic (exact) mass is 389 g/mol. The third-order valence-corrected chi connectivity index (χ3v) is 3.98. The van der Waals surface area contributed by atoms with Gasteiger partial charge in [-0.1, -0.05) is 41.5 Å². The zero-order valence-electron chi connectivity index (χ0n) is 12.0. The number of nitrogens with zero attached hydrogens (tertiary/aromatic N) is 3. The second-order valence-electron chi connectivity index (χ2n) is 5.27. The number of aryl methyl sites for hydroxylation is 2. The maximum absolute atomic E-state index is 4.57. The van der Waals surface area contributed by atoms with Crippen LogP contribution in [0.3, 0.4) is 0 Å². The number of hydrogen-bond donors (Lipinski definition) is 0. The second-order valence-corrected chi connectivity index (χ2v) is 6.51. The van der Waals surface area contributed by atoms with Crippen LogP contribution in [0.2, 0.25) is 0 Å². The minimum Gasteiger partial charge on any atom is -0.248 e. The molecule has 21 heavy (non-hydrogen) atoms. The van der Waals surface area contributed by atoms with Crippen molar-refractivity contribution in [1.29, 1.82) is 0 Å². The lowest BCUT2D eigenvalue weighted by molar-refractivity contribution is 0.686. The minimum atomic E-state index is 0.750. The highest BCUT2D eigenvalue weighted by atomic mass is 127. The van der Waals surface area contributed by atoms with Crippen molar-refractivity contribution in [3.8, 4) is 11.4 Å². The topological polar surface area (TPSA) is 30.7 Å². The van der Waals surface area contributed by atoms with Crippen LogP contribution in [0.15, 0.2) is 48.8 Å². The van der Waals surface area contributed by atoms with E-state index < -0.39 is 0 Å². The molecule has 0 amide bonds. The molecule has 106 valence electrons. The van der Waals surface area contributed by atoms with E-state index in [4.69, 9.17) is 0 Å². The first-order chi connectivity index (χ1) is 10.1. The Morgan fingerprint density at radius 1 is 1.00 bits per heavy atom. The molecule has 0 aliphatic carbocycles. The van der Waals surface area contributed by atoms with Crippen molar-refractivity contribution in [3.63, 3.8) is 0 Å². The van der Waals surface area contributed by atoms with Gasteiger partial charge in [-0.25, -0.2) is 9.67 Å². The van der Waals surface area contributed by atoms with Gasteiger partial charge in [0.2, 0.25) is 0 Å². The van der Waals surface area contributed by atoms with Crippen LogP contribution in [0.1, 0.15) is 16.7 Å². The van der Waals surface area contributed by atoms with Crippen LogP contribution in [0.5, 0.6) is 0 Å². The van der Waals surface area contributed by atoms with E-state index in [0.29, 0.717) is 0 Å². The van der Waals surface area contributed by atoms with E-state index >= 15 is 0 Å². The van der Waals surface area contributed by atoms with Gasteiger partial charge in [0.1, 0.15) is 6.33 Å². The Bertz CT molecular complexity index is 740. The van der Waals surface area contributed by atoms with Crippen molar-refractivity contribution in [2.24, 2.45) is 0 Å². The summed E-state index contributed by atoms with van der Waals surface area (Å²) in [5.41, 5.74) is 4.87. The van der Waals surface area contributed by atoms with Gasteiger partial charge in [-0.05, 0) is 54.1 Å². The van der Waals surface area contributed by atoms with E-state index in [1.165, 1.54) is 20.3 Å². The Hall–Kier alpha value is -1.69. The molecule has 0 radical (unpaired) electrons. The smallest absolute Gasteiger partial charge is 0.181 e. The second kappa shape index (κ2) is 5.97. The normalized spacial score (nSPS) is 10.8. The fourth-order valence-electron chi connectivity index (χ4n) is 2.45. The first-order valence-electron chi connectivity index (χ1n) is 6.83. The highest BCUT2D eigenvalue weighted by Crippen LogP contribution is 2.17. The lowest BCUT2D eigenvalue weighted by atomic mass is 10.1. The number of benzene rings is 2. The highest BCUT2D eigenvalue weighted by Gasteiger charge is 2.05. The van der Waals surface area contributed by atoms with E-state index in [1.807, 2.05) is 4.68 Å². The van der Waals surface area contributed by atoms with Crippen LogP contribution in [-0.2, 0) is 6.54 Å². The summed E-state index contributed by atoms with van der Waals surface area (Å²) < 4.78 is 3.10. The summed E-state index contributed by atoms with van der Waals surface area (Å²) in [7, 11) is 0. The zero-order valence-corrected chi connectivity index (χ0v) is 14.2. The average molecular weight is 389 g/mol. The van der Waals surface area contributed by atoms with Gasteiger partial charge in [0.25, 0.3) is 0 Å². The molecular weight excluding hydrogens is 373 g/mol. The minimum absolute atomic E-state index is 0.750. The van der Waals surface area contributed by atoms with Gasteiger partial charge >= 0.3 is 0 Å². The molecule has 3 rings (SSSR count). The van der Waals surface area contributed by atoms with Gasteiger partial charge in [-0.3, -0.25) is 0 Å². The number of halogens is 1. The molecule has 0 aliphatic rings.